The first-order chi connectivity index (χ1) is 7.34. The second-order valence-electron chi connectivity index (χ2n) is 3.57. The normalized spacial score (nSPS) is 15.6. The van der Waals surface area contributed by atoms with Gasteiger partial charge in [-0.1, -0.05) is 19.8 Å². The van der Waals surface area contributed by atoms with E-state index < -0.39 is 24.1 Å². The Labute approximate surface area is 93.1 Å². The van der Waals surface area contributed by atoms with Crippen LogP contribution in [-0.2, 0) is 9.53 Å². The fourth-order valence-corrected chi connectivity index (χ4v) is 1.35. The highest BCUT2D eigenvalue weighted by Gasteiger charge is 2.45. The van der Waals surface area contributed by atoms with Gasteiger partial charge in [0.2, 0.25) is 0 Å². The molecule has 0 radical (unpaired) electrons. The van der Waals surface area contributed by atoms with E-state index in [0.29, 0.717) is 12.8 Å². The molecule has 0 amide bonds. The monoisotopic (exact) mass is 241 g/mol. The van der Waals surface area contributed by atoms with E-state index in [9.17, 15) is 18.0 Å². The second-order valence-corrected chi connectivity index (χ2v) is 3.57. The highest BCUT2D eigenvalue weighted by molar-refractivity contribution is 5.73. The molecule has 0 aromatic rings. The number of nitrogens with two attached hydrogens (primary N) is 1. The summed E-state index contributed by atoms with van der Waals surface area (Å²) in [4.78, 5) is 11.3. The lowest BCUT2D eigenvalue weighted by Crippen LogP contribution is -2.47. The zero-order valence-corrected chi connectivity index (χ0v) is 9.51. The SMILES string of the molecule is CCCC[C@@H](C(=O)OCC)[C@@H](N)C(F)(F)F. The third-order valence-corrected chi connectivity index (χ3v) is 2.27. The number of hydrogen-bond acceptors (Lipinski definition) is 3. The molecule has 0 aliphatic carbocycles. The van der Waals surface area contributed by atoms with Crippen molar-refractivity contribution in [1.82, 2.24) is 0 Å². The van der Waals surface area contributed by atoms with Crippen LogP contribution in [0.25, 0.3) is 0 Å². The van der Waals surface area contributed by atoms with Gasteiger partial charge < -0.3 is 10.5 Å². The van der Waals surface area contributed by atoms with Crippen molar-refractivity contribution in [3.63, 3.8) is 0 Å². The minimum atomic E-state index is -4.56. The van der Waals surface area contributed by atoms with E-state index in [1.165, 1.54) is 0 Å². The highest BCUT2D eigenvalue weighted by Crippen LogP contribution is 2.27. The summed E-state index contributed by atoms with van der Waals surface area (Å²) >= 11 is 0. The molecule has 0 unspecified atom stereocenters. The first kappa shape index (κ1) is 15.2. The molecule has 3 nitrogen and oxygen atoms in total. The summed E-state index contributed by atoms with van der Waals surface area (Å²) in [5.41, 5.74) is 5.04. The fourth-order valence-electron chi connectivity index (χ4n) is 1.35. The van der Waals surface area contributed by atoms with Gasteiger partial charge in [-0.2, -0.15) is 13.2 Å². The largest absolute Gasteiger partial charge is 0.466 e. The molecule has 16 heavy (non-hydrogen) atoms. The van der Waals surface area contributed by atoms with Crippen LogP contribution in [0.3, 0.4) is 0 Å². The Morgan fingerprint density at radius 1 is 1.38 bits per heavy atom. The summed E-state index contributed by atoms with van der Waals surface area (Å²) < 4.78 is 41.8. The first-order valence-corrected chi connectivity index (χ1v) is 5.33. The van der Waals surface area contributed by atoms with E-state index in [2.05, 4.69) is 4.74 Å². The van der Waals surface area contributed by atoms with Crippen LogP contribution in [0.2, 0.25) is 0 Å². The number of esters is 1. The lowest BCUT2D eigenvalue weighted by atomic mass is 9.94. The zero-order chi connectivity index (χ0) is 12.8. The zero-order valence-electron chi connectivity index (χ0n) is 9.51. The van der Waals surface area contributed by atoms with Gasteiger partial charge in [-0.05, 0) is 13.3 Å². The van der Waals surface area contributed by atoms with Crippen molar-refractivity contribution >= 4 is 5.97 Å². The van der Waals surface area contributed by atoms with Crippen LogP contribution in [0.15, 0.2) is 0 Å². The maximum absolute atomic E-state index is 12.4. The van der Waals surface area contributed by atoms with Crippen LogP contribution in [0.1, 0.15) is 33.1 Å². The van der Waals surface area contributed by atoms with Crippen LogP contribution in [0.5, 0.6) is 0 Å². The van der Waals surface area contributed by atoms with Crippen molar-refractivity contribution in [2.45, 2.75) is 45.3 Å². The molecule has 6 heteroatoms. The van der Waals surface area contributed by atoms with Gasteiger partial charge >= 0.3 is 12.1 Å². The van der Waals surface area contributed by atoms with Crippen LogP contribution < -0.4 is 5.73 Å². The second kappa shape index (κ2) is 6.73. The van der Waals surface area contributed by atoms with Gasteiger partial charge in [-0.25, -0.2) is 0 Å². The average Bonchev–Trinajstić information content (AvgIpc) is 2.17. The number of halogens is 3. The molecule has 0 aromatic carbocycles. The smallest absolute Gasteiger partial charge is 0.404 e. The predicted molar refractivity (Wildman–Crippen MR) is 53.7 cm³/mol. The lowest BCUT2D eigenvalue weighted by Gasteiger charge is -2.24. The van der Waals surface area contributed by atoms with E-state index in [-0.39, 0.29) is 13.0 Å². The molecule has 96 valence electrons. The number of hydrogen-bond donors (Lipinski definition) is 1. The van der Waals surface area contributed by atoms with Crippen molar-refractivity contribution in [2.75, 3.05) is 6.61 Å². The Morgan fingerprint density at radius 2 is 1.94 bits per heavy atom. The Kier molecular flexibility index (Phi) is 6.40. The summed E-state index contributed by atoms with van der Waals surface area (Å²) in [6.45, 7) is 3.45. The van der Waals surface area contributed by atoms with Crippen LogP contribution in [0, 0.1) is 5.92 Å². The van der Waals surface area contributed by atoms with E-state index in [1.807, 2.05) is 6.92 Å². The molecule has 0 aromatic heterocycles. The van der Waals surface area contributed by atoms with E-state index in [1.54, 1.807) is 6.92 Å². The third kappa shape index (κ3) is 4.83. The Morgan fingerprint density at radius 3 is 2.31 bits per heavy atom. The minimum Gasteiger partial charge on any atom is -0.466 e. The van der Waals surface area contributed by atoms with Crippen LogP contribution >= 0.6 is 0 Å². The van der Waals surface area contributed by atoms with Crippen molar-refractivity contribution in [3.05, 3.63) is 0 Å². The van der Waals surface area contributed by atoms with E-state index >= 15 is 0 Å². The van der Waals surface area contributed by atoms with Gasteiger partial charge in [-0.15, -0.1) is 0 Å². The maximum atomic E-state index is 12.4. The van der Waals surface area contributed by atoms with Gasteiger partial charge in [0.05, 0.1) is 12.5 Å². The van der Waals surface area contributed by atoms with Gasteiger partial charge in [0, 0.05) is 0 Å². The average molecular weight is 241 g/mol. The number of carbonyl (C=O) groups is 1. The summed E-state index contributed by atoms with van der Waals surface area (Å²) in [6, 6.07) is -2.14. The fraction of sp³-hybridized carbons (Fsp3) is 0.900. The van der Waals surface area contributed by atoms with Crippen molar-refractivity contribution in [1.29, 1.82) is 0 Å². The molecule has 0 fully saturated rings. The van der Waals surface area contributed by atoms with Crippen LogP contribution in [-0.4, -0.2) is 24.8 Å². The first-order valence-electron chi connectivity index (χ1n) is 5.33. The summed E-state index contributed by atoms with van der Waals surface area (Å²) in [6.07, 6.45) is -3.23. The van der Waals surface area contributed by atoms with E-state index in [0.717, 1.165) is 0 Å². The maximum Gasteiger partial charge on any atom is 0.404 e. The molecule has 0 spiro atoms. The van der Waals surface area contributed by atoms with Gasteiger partial charge in [-0.3, -0.25) is 4.79 Å². The topological polar surface area (TPSA) is 52.3 Å². The molecule has 0 bridgehead atoms. The summed E-state index contributed by atoms with van der Waals surface area (Å²) in [7, 11) is 0. The standard InChI is InChI=1S/C10H18F3NO2/c1-3-5-6-7(9(15)16-4-2)8(14)10(11,12)13/h7-8H,3-6,14H2,1-2H3/t7-,8-/m1/s1. The number of carbonyl (C=O) groups excluding carboxylic acids is 1. The van der Waals surface area contributed by atoms with Crippen molar-refractivity contribution < 1.29 is 22.7 Å². The molecule has 0 aliphatic heterocycles. The van der Waals surface area contributed by atoms with Crippen molar-refractivity contribution in [3.8, 4) is 0 Å². The predicted octanol–water partition coefficient (Wildman–Crippen LogP) is 2.25. The molecular formula is C10H18F3NO2. The number of rotatable bonds is 6. The Bertz CT molecular complexity index is 219. The Hall–Kier alpha value is -0.780. The third-order valence-electron chi connectivity index (χ3n) is 2.27. The Balaban J connectivity index is 4.59. The van der Waals surface area contributed by atoms with Gasteiger partial charge in [0.25, 0.3) is 0 Å². The minimum absolute atomic E-state index is 0.0615. The number of unbranched alkanes of at least 4 members (excludes halogenated alkanes) is 1. The molecule has 2 atom stereocenters. The van der Waals surface area contributed by atoms with Crippen LogP contribution in [0.4, 0.5) is 13.2 Å². The van der Waals surface area contributed by atoms with Gasteiger partial charge in [0.1, 0.15) is 6.04 Å². The van der Waals surface area contributed by atoms with Crippen molar-refractivity contribution in [2.24, 2.45) is 11.7 Å². The molecule has 2 N–H and O–H groups in total. The molecule has 0 rings (SSSR count). The molecule has 0 heterocycles. The molecule has 0 saturated carbocycles. The highest BCUT2D eigenvalue weighted by atomic mass is 19.4. The van der Waals surface area contributed by atoms with E-state index in [4.69, 9.17) is 5.73 Å². The van der Waals surface area contributed by atoms with Gasteiger partial charge in [0.15, 0.2) is 0 Å². The molecule has 0 saturated heterocycles. The lowest BCUT2D eigenvalue weighted by molar-refractivity contribution is -0.176. The molecular weight excluding hydrogens is 223 g/mol. The quantitative estimate of drug-likeness (QED) is 0.725. The summed E-state index contributed by atoms with van der Waals surface area (Å²) in [5, 5.41) is 0. The number of ether oxygens (including phenoxy) is 1. The molecule has 0 aliphatic rings. The summed E-state index contributed by atoms with van der Waals surface area (Å²) in [5.74, 6) is -2.15. The number of alkyl halides is 3.